The number of hydroxylamine groups is 1. The molecule has 1 aromatic carbocycles. The third-order valence-electron chi connectivity index (χ3n) is 2.45. The second-order valence-electron chi connectivity index (χ2n) is 4.06. The van der Waals surface area contributed by atoms with Gasteiger partial charge in [-0.1, -0.05) is 48.6 Å². The van der Waals surface area contributed by atoms with Gasteiger partial charge in [0.15, 0.2) is 0 Å². The van der Waals surface area contributed by atoms with Crippen molar-refractivity contribution in [1.82, 2.24) is 10.8 Å². The Labute approximate surface area is 118 Å². The SMILES string of the molecule is O=C(C=CC=Cc1ccccc1)NCCCC(=O)NO. The molecule has 5 heteroatoms. The van der Waals surface area contributed by atoms with Crippen LogP contribution in [0.1, 0.15) is 18.4 Å². The van der Waals surface area contributed by atoms with Crippen LogP contribution in [0.15, 0.2) is 48.6 Å². The largest absolute Gasteiger partial charge is 0.353 e. The first kappa shape index (κ1) is 15.7. The number of amides is 2. The highest BCUT2D eigenvalue weighted by atomic mass is 16.5. The average Bonchev–Trinajstić information content (AvgIpc) is 2.49. The van der Waals surface area contributed by atoms with Gasteiger partial charge in [0.2, 0.25) is 11.8 Å². The van der Waals surface area contributed by atoms with Crippen molar-refractivity contribution in [2.75, 3.05) is 6.54 Å². The number of carbonyl (C=O) groups is 2. The van der Waals surface area contributed by atoms with E-state index in [9.17, 15) is 9.59 Å². The molecule has 1 aromatic rings. The molecule has 2 amide bonds. The smallest absolute Gasteiger partial charge is 0.243 e. The van der Waals surface area contributed by atoms with Crippen molar-refractivity contribution in [3.05, 3.63) is 54.1 Å². The zero-order valence-electron chi connectivity index (χ0n) is 11.1. The molecule has 0 heterocycles. The number of hydrogen-bond donors (Lipinski definition) is 3. The summed E-state index contributed by atoms with van der Waals surface area (Å²) < 4.78 is 0. The lowest BCUT2D eigenvalue weighted by Gasteiger charge is -2.00. The number of hydrogen-bond acceptors (Lipinski definition) is 3. The Balaban J connectivity index is 2.20. The van der Waals surface area contributed by atoms with E-state index in [4.69, 9.17) is 5.21 Å². The molecule has 0 saturated carbocycles. The van der Waals surface area contributed by atoms with Crippen molar-refractivity contribution in [2.45, 2.75) is 12.8 Å². The third kappa shape index (κ3) is 7.13. The van der Waals surface area contributed by atoms with E-state index in [1.54, 1.807) is 12.2 Å². The minimum Gasteiger partial charge on any atom is -0.353 e. The van der Waals surface area contributed by atoms with Crippen LogP contribution >= 0.6 is 0 Å². The van der Waals surface area contributed by atoms with Crippen LogP contribution in [0.2, 0.25) is 0 Å². The first-order valence-corrected chi connectivity index (χ1v) is 6.33. The van der Waals surface area contributed by atoms with E-state index in [-0.39, 0.29) is 12.3 Å². The summed E-state index contributed by atoms with van der Waals surface area (Å²) in [6, 6.07) is 9.77. The fraction of sp³-hybridized carbons (Fsp3) is 0.200. The topological polar surface area (TPSA) is 78.4 Å². The zero-order valence-corrected chi connectivity index (χ0v) is 11.1. The number of rotatable bonds is 7. The highest BCUT2D eigenvalue weighted by Crippen LogP contribution is 2.00. The van der Waals surface area contributed by atoms with Crippen LogP contribution in [-0.4, -0.2) is 23.6 Å². The standard InChI is InChI=1S/C15H18N2O3/c18-14(16-12-6-11-15(19)17-20)10-5-4-9-13-7-2-1-3-8-13/h1-5,7-10,20H,6,11-12H2,(H,16,18)(H,17,19). The normalized spacial score (nSPS) is 10.8. The summed E-state index contributed by atoms with van der Waals surface area (Å²) in [6.45, 7) is 0.388. The molecule has 106 valence electrons. The van der Waals surface area contributed by atoms with Gasteiger partial charge in [-0.15, -0.1) is 0 Å². The van der Waals surface area contributed by atoms with E-state index < -0.39 is 5.91 Å². The Morgan fingerprint density at radius 3 is 2.60 bits per heavy atom. The van der Waals surface area contributed by atoms with Crippen molar-refractivity contribution in [1.29, 1.82) is 0 Å². The van der Waals surface area contributed by atoms with E-state index in [2.05, 4.69) is 5.32 Å². The molecule has 20 heavy (non-hydrogen) atoms. The second kappa shape index (κ2) is 9.52. The maximum absolute atomic E-state index is 11.4. The summed E-state index contributed by atoms with van der Waals surface area (Å²) in [7, 11) is 0. The Bertz CT molecular complexity index is 481. The van der Waals surface area contributed by atoms with Gasteiger partial charge in [-0.3, -0.25) is 14.8 Å². The summed E-state index contributed by atoms with van der Waals surface area (Å²) in [5, 5.41) is 10.9. The van der Waals surface area contributed by atoms with E-state index in [0.717, 1.165) is 5.56 Å². The summed E-state index contributed by atoms with van der Waals surface area (Å²) in [5.41, 5.74) is 2.60. The molecule has 0 aliphatic heterocycles. The van der Waals surface area contributed by atoms with Crippen LogP contribution < -0.4 is 10.8 Å². The lowest BCUT2D eigenvalue weighted by molar-refractivity contribution is -0.129. The van der Waals surface area contributed by atoms with Crippen LogP contribution in [0.4, 0.5) is 0 Å². The zero-order chi connectivity index (χ0) is 14.6. The van der Waals surface area contributed by atoms with E-state index in [1.165, 1.54) is 11.6 Å². The molecule has 0 bridgehead atoms. The van der Waals surface area contributed by atoms with Crippen molar-refractivity contribution in [3.8, 4) is 0 Å². The van der Waals surface area contributed by atoms with Gasteiger partial charge in [0.25, 0.3) is 0 Å². The molecule has 0 unspecified atom stereocenters. The minimum atomic E-state index is -0.458. The lowest BCUT2D eigenvalue weighted by Crippen LogP contribution is -2.24. The van der Waals surface area contributed by atoms with Crippen LogP contribution in [-0.2, 0) is 9.59 Å². The minimum absolute atomic E-state index is 0.175. The van der Waals surface area contributed by atoms with Gasteiger partial charge < -0.3 is 5.32 Å². The predicted octanol–water partition coefficient (Wildman–Crippen LogP) is 1.66. The summed E-state index contributed by atoms with van der Waals surface area (Å²) in [6.07, 6.45) is 7.41. The molecule has 0 saturated heterocycles. The Hall–Kier alpha value is -2.40. The Morgan fingerprint density at radius 1 is 1.15 bits per heavy atom. The first-order chi connectivity index (χ1) is 9.72. The second-order valence-corrected chi connectivity index (χ2v) is 4.06. The van der Waals surface area contributed by atoms with E-state index in [1.807, 2.05) is 36.4 Å². The molecule has 0 aliphatic carbocycles. The number of allylic oxidation sites excluding steroid dienone is 2. The molecule has 1 rings (SSSR count). The van der Waals surface area contributed by atoms with E-state index >= 15 is 0 Å². The average molecular weight is 274 g/mol. The Morgan fingerprint density at radius 2 is 1.90 bits per heavy atom. The molecule has 3 N–H and O–H groups in total. The van der Waals surface area contributed by atoms with Gasteiger partial charge in [-0.25, -0.2) is 5.48 Å². The first-order valence-electron chi connectivity index (χ1n) is 6.33. The molecular formula is C15H18N2O3. The van der Waals surface area contributed by atoms with Crippen LogP contribution in [0.3, 0.4) is 0 Å². The highest BCUT2D eigenvalue weighted by molar-refractivity contribution is 5.87. The molecule has 0 aliphatic rings. The van der Waals surface area contributed by atoms with Gasteiger partial charge in [0.05, 0.1) is 0 Å². The van der Waals surface area contributed by atoms with Gasteiger partial charge >= 0.3 is 0 Å². The van der Waals surface area contributed by atoms with Gasteiger partial charge in [0, 0.05) is 19.0 Å². The summed E-state index contributed by atoms with van der Waals surface area (Å²) in [4.78, 5) is 22.1. The van der Waals surface area contributed by atoms with Crippen LogP contribution in [0.5, 0.6) is 0 Å². The molecular weight excluding hydrogens is 256 g/mol. The van der Waals surface area contributed by atoms with Crippen molar-refractivity contribution >= 4 is 17.9 Å². The summed E-state index contributed by atoms with van der Waals surface area (Å²) in [5.74, 6) is -0.673. The van der Waals surface area contributed by atoms with Gasteiger partial charge in [-0.05, 0) is 12.0 Å². The fourth-order valence-electron chi connectivity index (χ4n) is 1.45. The number of nitrogens with one attached hydrogen (secondary N) is 2. The van der Waals surface area contributed by atoms with Crippen LogP contribution in [0.25, 0.3) is 6.08 Å². The predicted molar refractivity (Wildman–Crippen MR) is 76.8 cm³/mol. The third-order valence-corrected chi connectivity index (χ3v) is 2.45. The monoisotopic (exact) mass is 274 g/mol. The number of carbonyl (C=O) groups excluding carboxylic acids is 2. The van der Waals surface area contributed by atoms with E-state index in [0.29, 0.717) is 13.0 Å². The van der Waals surface area contributed by atoms with Crippen molar-refractivity contribution < 1.29 is 14.8 Å². The van der Waals surface area contributed by atoms with Crippen molar-refractivity contribution in [2.24, 2.45) is 0 Å². The van der Waals surface area contributed by atoms with Gasteiger partial charge in [-0.2, -0.15) is 0 Å². The maximum atomic E-state index is 11.4. The van der Waals surface area contributed by atoms with Crippen LogP contribution in [0, 0.1) is 0 Å². The van der Waals surface area contributed by atoms with Gasteiger partial charge in [0.1, 0.15) is 0 Å². The molecule has 0 atom stereocenters. The lowest BCUT2D eigenvalue weighted by atomic mass is 10.2. The molecule has 0 aromatic heterocycles. The molecule has 0 fully saturated rings. The Kier molecular flexibility index (Phi) is 7.45. The maximum Gasteiger partial charge on any atom is 0.243 e. The molecule has 0 radical (unpaired) electrons. The fourth-order valence-corrected chi connectivity index (χ4v) is 1.45. The molecule has 5 nitrogen and oxygen atoms in total. The highest BCUT2D eigenvalue weighted by Gasteiger charge is 1.99. The van der Waals surface area contributed by atoms with Crippen molar-refractivity contribution in [3.63, 3.8) is 0 Å². The molecule has 0 spiro atoms. The quantitative estimate of drug-likeness (QED) is 0.233. The summed E-state index contributed by atoms with van der Waals surface area (Å²) >= 11 is 0. The number of benzene rings is 1.